The quantitative estimate of drug-likeness (QED) is 0.720. The van der Waals surface area contributed by atoms with Gasteiger partial charge in [-0.1, -0.05) is 15.9 Å². The van der Waals surface area contributed by atoms with E-state index in [-0.39, 0.29) is 0 Å². The van der Waals surface area contributed by atoms with Crippen LogP contribution in [0, 0.1) is 0 Å². The Labute approximate surface area is 105 Å². The van der Waals surface area contributed by atoms with Gasteiger partial charge in [-0.3, -0.25) is 0 Å². The maximum atomic E-state index is 5.76. The first kappa shape index (κ1) is 11.1. The van der Waals surface area contributed by atoms with Gasteiger partial charge in [-0.05, 0) is 46.6 Å². The first-order valence-electron chi connectivity index (χ1n) is 4.77. The van der Waals surface area contributed by atoms with Crippen molar-refractivity contribution in [2.24, 2.45) is 0 Å². The highest BCUT2D eigenvalue weighted by Crippen LogP contribution is 2.39. The normalized spacial score (nSPS) is 24.9. The molecule has 0 bridgehead atoms. The van der Waals surface area contributed by atoms with E-state index in [4.69, 9.17) is 4.74 Å². The Hall–Kier alpha value is 0.620. The number of hydrogen-bond acceptors (Lipinski definition) is 2. The number of halogens is 2. The van der Waals surface area contributed by atoms with Crippen molar-refractivity contribution in [3.63, 3.8) is 0 Å². The van der Waals surface area contributed by atoms with Crippen LogP contribution in [-0.4, -0.2) is 12.7 Å². The standard InChI is InChI=1S/C10H12Br2OS/c11-7-4-6-14-10(7)9(12)8-3-1-2-5-13-8/h4,6,8-9H,1-3,5H2. The van der Waals surface area contributed by atoms with Gasteiger partial charge in [0.25, 0.3) is 0 Å². The highest BCUT2D eigenvalue weighted by Gasteiger charge is 2.25. The number of alkyl halides is 1. The van der Waals surface area contributed by atoms with Crippen LogP contribution in [0.3, 0.4) is 0 Å². The van der Waals surface area contributed by atoms with Gasteiger partial charge >= 0.3 is 0 Å². The highest BCUT2D eigenvalue weighted by atomic mass is 79.9. The minimum Gasteiger partial charge on any atom is -0.377 e. The maximum Gasteiger partial charge on any atom is 0.0762 e. The number of thiophene rings is 1. The molecule has 4 heteroatoms. The average Bonchev–Trinajstić information content (AvgIpc) is 2.65. The zero-order valence-corrected chi connectivity index (χ0v) is 11.7. The van der Waals surface area contributed by atoms with Crippen molar-refractivity contribution in [1.29, 1.82) is 0 Å². The Balaban J connectivity index is 2.07. The molecule has 0 saturated carbocycles. The summed E-state index contributed by atoms with van der Waals surface area (Å²) in [4.78, 5) is 1.69. The fourth-order valence-electron chi connectivity index (χ4n) is 1.67. The fourth-order valence-corrected chi connectivity index (χ4v) is 4.61. The SMILES string of the molecule is Brc1ccsc1C(Br)C1CCCCO1. The molecule has 1 fully saturated rings. The van der Waals surface area contributed by atoms with Gasteiger partial charge in [-0.2, -0.15) is 0 Å². The van der Waals surface area contributed by atoms with Crippen molar-refractivity contribution in [2.75, 3.05) is 6.61 Å². The molecule has 0 spiro atoms. The molecule has 0 amide bonds. The fraction of sp³-hybridized carbons (Fsp3) is 0.600. The largest absolute Gasteiger partial charge is 0.377 e. The van der Waals surface area contributed by atoms with E-state index in [1.54, 1.807) is 11.3 Å². The second-order valence-corrected chi connectivity index (χ2v) is 6.23. The summed E-state index contributed by atoms with van der Waals surface area (Å²) in [7, 11) is 0. The Morgan fingerprint density at radius 2 is 2.36 bits per heavy atom. The molecule has 0 aromatic carbocycles. The zero-order valence-electron chi connectivity index (χ0n) is 7.71. The molecular weight excluding hydrogens is 328 g/mol. The summed E-state index contributed by atoms with van der Waals surface area (Å²) in [6.07, 6.45) is 4.01. The van der Waals surface area contributed by atoms with Gasteiger partial charge in [-0.15, -0.1) is 11.3 Å². The highest BCUT2D eigenvalue weighted by molar-refractivity contribution is 9.11. The summed E-state index contributed by atoms with van der Waals surface area (Å²) in [6, 6.07) is 2.09. The Bertz CT molecular complexity index is 294. The molecule has 1 saturated heterocycles. The van der Waals surface area contributed by atoms with Crippen LogP contribution in [0.5, 0.6) is 0 Å². The number of rotatable bonds is 2. The summed E-state index contributed by atoms with van der Waals surface area (Å²) in [6.45, 7) is 0.912. The minimum atomic E-state index is 0.345. The van der Waals surface area contributed by atoms with Crippen molar-refractivity contribution in [3.8, 4) is 0 Å². The molecule has 2 heterocycles. The van der Waals surface area contributed by atoms with Crippen LogP contribution in [0.25, 0.3) is 0 Å². The van der Waals surface area contributed by atoms with E-state index in [1.165, 1.54) is 28.6 Å². The number of hydrogen-bond donors (Lipinski definition) is 0. The van der Waals surface area contributed by atoms with Gasteiger partial charge in [0.2, 0.25) is 0 Å². The Morgan fingerprint density at radius 3 is 2.93 bits per heavy atom. The molecule has 78 valence electrons. The van der Waals surface area contributed by atoms with Crippen molar-refractivity contribution >= 4 is 43.2 Å². The summed E-state index contributed by atoms with van der Waals surface area (Å²) < 4.78 is 6.95. The minimum absolute atomic E-state index is 0.345. The van der Waals surface area contributed by atoms with Gasteiger partial charge in [0.15, 0.2) is 0 Å². The van der Waals surface area contributed by atoms with E-state index in [1.807, 2.05) is 0 Å². The van der Waals surface area contributed by atoms with Crippen LogP contribution in [-0.2, 0) is 4.74 Å². The van der Waals surface area contributed by atoms with Crippen LogP contribution in [0.2, 0.25) is 0 Å². The topological polar surface area (TPSA) is 9.23 Å². The summed E-state index contributed by atoms with van der Waals surface area (Å²) in [5.41, 5.74) is 0. The van der Waals surface area contributed by atoms with E-state index in [0.29, 0.717) is 10.9 Å². The molecular formula is C10H12Br2OS. The number of ether oxygens (including phenoxy) is 1. The molecule has 2 unspecified atom stereocenters. The monoisotopic (exact) mass is 338 g/mol. The van der Waals surface area contributed by atoms with E-state index >= 15 is 0 Å². The smallest absolute Gasteiger partial charge is 0.0762 e. The predicted octanol–water partition coefficient (Wildman–Crippen LogP) is 4.52. The molecule has 14 heavy (non-hydrogen) atoms. The first-order valence-corrected chi connectivity index (χ1v) is 7.36. The van der Waals surface area contributed by atoms with E-state index in [9.17, 15) is 0 Å². The molecule has 2 rings (SSSR count). The second-order valence-electron chi connectivity index (χ2n) is 3.44. The van der Waals surface area contributed by atoms with Gasteiger partial charge in [0.05, 0.1) is 10.9 Å². The molecule has 1 aromatic heterocycles. The van der Waals surface area contributed by atoms with Crippen LogP contribution < -0.4 is 0 Å². The summed E-state index contributed by atoms with van der Waals surface area (Å²) in [5, 5.41) is 2.11. The summed E-state index contributed by atoms with van der Waals surface area (Å²) >= 11 is 9.07. The molecule has 0 aliphatic carbocycles. The van der Waals surface area contributed by atoms with Crippen LogP contribution in [0.4, 0.5) is 0 Å². The van der Waals surface area contributed by atoms with Crippen molar-refractivity contribution in [1.82, 2.24) is 0 Å². The lowest BCUT2D eigenvalue weighted by Crippen LogP contribution is -2.22. The van der Waals surface area contributed by atoms with E-state index in [2.05, 4.69) is 43.3 Å². The van der Waals surface area contributed by atoms with Gasteiger partial charge in [0, 0.05) is 16.0 Å². The molecule has 1 aliphatic rings. The van der Waals surface area contributed by atoms with Crippen molar-refractivity contribution in [2.45, 2.75) is 30.2 Å². The molecule has 1 aliphatic heterocycles. The lowest BCUT2D eigenvalue weighted by molar-refractivity contribution is 0.0164. The van der Waals surface area contributed by atoms with E-state index in [0.717, 1.165) is 6.61 Å². The van der Waals surface area contributed by atoms with Gasteiger partial charge in [0.1, 0.15) is 0 Å². The van der Waals surface area contributed by atoms with Crippen LogP contribution in [0.1, 0.15) is 29.0 Å². The van der Waals surface area contributed by atoms with Crippen molar-refractivity contribution < 1.29 is 4.74 Å². The van der Waals surface area contributed by atoms with Gasteiger partial charge < -0.3 is 4.74 Å². The zero-order chi connectivity index (χ0) is 9.97. The van der Waals surface area contributed by atoms with Crippen molar-refractivity contribution in [3.05, 3.63) is 20.8 Å². The van der Waals surface area contributed by atoms with Crippen LogP contribution >= 0.6 is 43.2 Å². The first-order chi connectivity index (χ1) is 6.79. The third kappa shape index (κ3) is 2.40. The predicted molar refractivity (Wildman–Crippen MR) is 67.3 cm³/mol. The van der Waals surface area contributed by atoms with Gasteiger partial charge in [-0.25, -0.2) is 0 Å². The average molecular weight is 340 g/mol. The molecule has 1 nitrogen and oxygen atoms in total. The molecule has 2 atom stereocenters. The summed E-state index contributed by atoms with van der Waals surface area (Å²) in [5.74, 6) is 0. The second kappa shape index (κ2) is 5.10. The molecule has 1 aromatic rings. The van der Waals surface area contributed by atoms with Crippen LogP contribution in [0.15, 0.2) is 15.9 Å². The maximum absolute atomic E-state index is 5.76. The molecule has 0 radical (unpaired) electrons. The van der Waals surface area contributed by atoms with E-state index < -0.39 is 0 Å². The molecule has 0 N–H and O–H groups in total. The Kier molecular flexibility index (Phi) is 4.05. The third-order valence-corrected chi connectivity index (χ3v) is 5.74. The Morgan fingerprint density at radius 1 is 1.50 bits per heavy atom. The lowest BCUT2D eigenvalue weighted by atomic mass is 10.1. The lowest BCUT2D eigenvalue weighted by Gasteiger charge is -2.26. The third-order valence-electron chi connectivity index (χ3n) is 2.44.